The van der Waals surface area contributed by atoms with Crippen LogP contribution >= 0.6 is 0 Å². The lowest BCUT2D eigenvalue weighted by Crippen LogP contribution is -2.46. The molecule has 0 heterocycles. The molecule has 0 aromatic heterocycles. The van der Waals surface area contributed by atoms with Crippen molar-refractivity contribution in [3.8, 4) is 17.9 Å². The van der Waals surface area contributed by atoms with Crippen molar-refractivity contribution in [2.45, 2.75) is 18.5 Å². The van der Waals surface area contributed by atoms with Crippen LogP contribution in [0.5, 0.6) is 5.75 Å². The van der Waals surface area contributed by atoms with Crippen molar-refractivity contribution in [1.82, 2.24) is 0 Å². The van der Waals surface area contributed by atoms with Crippen molar-refractivity contribution >= 4 is 0 Å². The minimum absolute atomic E-state index is 0.185. The molecule has 0 saturated carbocycles. The Hall–Kier alpha value is -2.42. The Morgan fingerprint density at radius 3 is 1.80 bits per heavy atom. The van der Waals surface area contributed by atoms with E-state index < -0.39 is 24.2 Å². The van der Waals surface area contributed by atoms with Gasteiger partial charge in [0.15, 0.2) is 0 Å². The topological polar surface area (TPSA) is 56.8 Å². The summed E-state index contributed by atoms with van der Waals surface area (Å²) in [7, 11) is 0. The molecule has 0 aliphatic heterocycles. The van der Waals surface area contributed by atoms with Crippen LogP contribution in [-0.4, -0.2) is 18.5 Å². The normalized spacial score (nSPS) is 11.8. The molecule has 0 radical (unpaired) electrons. The van der Waals surface area contributed by atoms with Gasteiger partial charge in [0.05, 0.1) is 11.1 Å². The number of halogens is 6. The Labute approximate surface area is 108 Å². The van der Waals surface area contributed by atoms with Crippen LogP contribution in [0.25, 0.3) is 0 Å². The van der Waals surface area contributed by atoms with Gasteiger partial charge in [0.1, 0.15) is 17.9 Å². The summed E-state index contributed by atoms with van der Waals surface area (Å²) in [6.07, 6.45) is -15.3. The number of nitriles is 2. The van der Waals surface area contributed by atoms with Crippen LogP contribution in [0.15, 0.2) is 18.2 Å². The van der Waals surface area contributed by atoms with E-state index in [1.807, 2.05) is 0 Å². The monoisotopic (exact) mass is 294 g/mol. The number of hydrogen-bond donors (Lipinski definition) is 0. The highest BCUT2D eigenvalue weighted by Gasteiger charge is 2.59. The standard InChI is InChI=1S/C11H4F6N2O/c12-10(13,14)9(11(15,16)17)20-8-2-1-6(4-18)7(3-8)5-19/h1-3,9H. The first-order valence-corrected chi connectivity index (χ1v) is 4.84. The molecule has 0 N–H and O–H groups in total. The number of ether oxygens (including phenoxy) is 1. The highest BCUT2D eigenvalue weighted by Crippen LogP contribution is 2.36. The molecule has 1 aromatic rings. The number of hydrogen-bond acceptors (Lipinski definition) is 3. The smallest absolute Gasteiger partial charge is 0.434 e. The van der Waals surface area contributed by atoms with Gasteiger partial charge in [-0.1, -0.05) is 0 Å². The molecule has 0 amide bonds. The summed E-state index contributed by atoms with van der Waals surface area (Å²) >= 11 is 0. The summed E-state index contributed by atoms with van der Waals surface area (Å²) < 4.78 is 77.5. The zero-order valence-corrected chi connectivity index (χ0v) is 9.38. The largest absolute Gasteiger partial charge is 0.471 e. The molecule has 3 nitrogen and oxygen atoms in total. The first-order chi connectivity index (χ1) is 9.09. The second-order valence-corrected chi connectivity index (χ2v) is 3.51. The zero-order valence-electron chi connectivity index (χ0n) is 9.38. The van der Waals surface area contributed by atoms with E-state index in [9.17, 15) is 26.3 Å². The summed E-state index contributed by atoms with van der Waals surface area (Å²) in [5.74, 6) is -0.805. The van der Waals surface area contributed by atoms with E-state index in [4.69, 9.17) is 10.5 Å². The SMILES string of the molecule is N#Cc1ccc(OC(C(F)(F)F)C(F)(F)F)cc1C#N. The molecule has 0 aliphatic rings. The van der Waals surface area contributed by atoms with E-state index in [0.29, 0.717) is 6.07 Å². The number of nitrogens with zero attached hydrogens (tertiary/aromatic N) is 2. The minimum atomic E-state index is -5.65. The third-order valence-corrected chi connectivity index (χ3v) is 2.08. The molecule has 0 saturated heterocycles. The van der Waals surface area contributed by atoms with Crippen molar-refractivity contribution in [1.29, 1.82) is 10.5 Å². The summed E-state index contributed by atoms with van der Waals surface area (Å²) in [4.78, 5) is 0. The molecule has 0 aliphatic carbocycles. The molecule has 1 aromatic carbocycles. The van der Waals surface area contributed by atoms with Crippen molar-refractivity contribution in [3.63, 3.8) is 0 Å². The van der Waals surface area contributed by atoms with Gasteiger partial charge in [-0.05, 0) is 18.2 Å². The number of benzene rings is 1. The van der Waals surface area contributed by atoms with Crippen molar-refractivity contribution < 1.29 is 31.1 Å². The number of alkyl halides is 6. The van der Waals surface area contributed by atoms with Gasteiger partial charge < -0.3 is 4.74 Å². The van der Waals surface area contributed by atoms with Gasteiger partial charge in [0.2, 0.25) is 0 Å². The molecule has 1 rings (SSSR count). The average molecular weight is 294 g/mol. The van der Waals surface area contributed by atoms with Crippen LogP contribution in [0.4, 0.5) is 26.3 Å². The molecule has 0 fully saturated rings. The Bertz CT molecular complexity index is 565. The van der Waals surface area contributed by atoms with Gasteiger partial charge in [-0.2, -0.15) is 36.9 Å². The van der Waals surface area contributed by atoms with Crippen LogP contribution in [-0.2, 0) is 0 Å². The Kier molecular flexibility index (Phi) is 4.14. The molecule has 20 heavy (non-hydrogen) atoms. The zero-order chi connectivity index (χ0) is 15.6. The maximum absolute atomic E-state index is 12.3. The maximum atomic E-state index is 12.3. The van der Waals surface area contributed by atoms with Gasteiger partial charge in [-0.25, -0.2) is 0 Å². The van der Waals surface area contributed by atoms with Crippen LogP contribution in [0.3, 0.4) is 0 Å². The van der Waals surface area contributed by atoms with Crippen LogP contribution in [0.2, 0.25) is 0 Å². The first-order valence-electron chi connectivity index (χ1n) is 4.84. The van der Waals surface area contributed by atoms with E-state index in [1.165, 1.54) is 6.07 Å². The quantitative estimate of drug-likeness (QED) is 0.786. The molecule has 0 atom stereocenters. The van der Waals surface area contributed by atoms with Crippen molar-refractivity contribution in [3.05, 3.63) is 29.3 Å². The highest BCUT2D eigenvalue weighted by atomic mass is 19.4. The second-order valence-electron chi connectivity index (χ2n) is 3.51. The van der Waals surface area contributed by atoms with E-state index in [0.717, 1.165) is 12.1 Å². The molecular formula is C11H4F6N2O. The maximum Gasteiger partial charge on any atom is 0.434 e. The molecule has 0 unspecified atom stereocenters. The fraction of sp³-hybridized carbons (Fsp3) is 0.273. The van der Waals surface area contributed by atoms with Gasteiger partial charge >= 0.3 is 12.4 Å². The van der Waals surface area contributed by atoms with Gasteiger partial charge in [0, 0.05) is 0 Å². The predicted octanol–water partition coefficient (Wildman–Crippen LogP) is 3.30. The molecule has 0 bridgehead atoms. The third kappa shape index (κ3) is 3.54. The Morgan fingerprint density at radius 2 is 1.40 bits per heavy atom. The van der Waals surface area contributed by atoms with Crippen LogP contribution < -0.4 is 4.74 Å². The fourth-order valence-electron chi connectivity index (χ4n) is 1.24. The first kappa shape index (κ1) is 15.6. The van der Waals surface area contributed by atoms with E-state index in [2.05, 4.69) is 4.74 Å². The van der Waals surface area contributed by atoms with Gasteiger partial charge in [-0.15, -0.1) is 0 Å². The van der Waals surface area contributed by atoms with Gasteiger partial charge in [-0.3, -0.25) is 0 Å². The fourth-order valence-corrected chi connectivity index (χ4v) is 1.24. The highest BCUT2D eigenvalue weighted by molar-refractivity contribution is 5.49. The van der Waals surface area contributed by atoms with Crippen LogP contribution in [0.1, 0.15) is 11.1 Å². The average Bonchev–Trinajstić information content (AvgIpc) is 2.32. The molecule has 9 heteroatoms. The predicted molar refractivity (Wildman–Crippen MR) is 52.4 cm³/mol. The lowest BCUT2D eigenvalue weighted by molar-refractivity contribution is -0.299. The van der Waals surface area contributed by atoms with E-state index in [1.54, 1.807) is 6.07 Å². The molecular weight excluding hydrogens is 290 g/mol. The minimum Gasteiger partial charge on any atom is -0.471 e. The molecule has 0 spiro atoms. The molecule has 106 valence electrons. The second kappa shape index (κ2) is 5.29. The number of rotatable bonds is 2. The Balaban J connectivity index is 3.15. The lowest BCUT2D eigenvalue weighted by Gasteiger charge is -2.23. The third-order valence-electron chi connectivity index (χ3n) is 2.08. The lowest BCUT2D eigenvalue weighted by atomic mass is 10.1. The van der Waals surface area contributed by atoms with E-state index in [-0.39, 0.29) is 11.1 Å². The summed E-state index contributed by atoms with van der Waals surface area (Å²) in [6, 6.07) is 5.33. The van der Waals surface area contributed by atoms with Gasteiger partial charge in [0.25, 0.3) is 6.10 Å². The summed E-state index contributed by atoms with van der Waals surface area (Å²) in [5, 5.41) is 17.2. The summed E-state index contributed by atoms with van der Waals surface area (Å²) in [6.45, 7) is 0. The Morgan fingerprint density at radius 1 is 0.900 bits per heavy atom. The van der Waals surface area contributed by atoms with Crippen molar-refractivity contribution in [2.24, 2.45) is 0 Å². The van der Waals surface area contributed by atoms with E-state index >= 15 is 0 Å². The summed E-state index contributed by atoms with van der Waals surface area (Å²) in [5.41, 5.74) is -0.566. The van der Waals surface area contributed by atoms with Crippen molar-refractivity contribution in [2.75, 3.05) is 0 Å². The van der Waals surface area contributed by atoms with Crippen LogP contribution in [0, 0.1) is 22.7 Å².